The summed E-state index contributed by atoms with van der Waals surface area (Å²) >= 11 is -2.28. The Hall–Kier alpha value is -2.64. The van der Waals surface area contributed by atoms with Crippen LogP contribution in [0.15, 0.2) is 36.7 Å². The first kappa shape index (κ1) is 25.5. The number of benzene rings is 1. The van der Waals surface area contributed by atoms with E-state index in [1.807, 2.05) is 25.1 Å². The molecule has 190 valence electrons. The average molecular weight is 503 g/mol. The summed E-state index contributed by atoms with van der Waals surface area (Å²) in [5, 5.41) is 19.7. The van der Waals surface area contributed by atoms with Crippen molar-refractivity contribution in [2.45, 2.75) is 44.7 Å². The molecule has 0 radical (unpaired) electrons. The van der Waals surface area contributed by atoms with Crippen molar-refractivity contribution < 1.29 is 18.6 Å². The molecule has 12 heteroatoms. The van der Waals surface area contributed by atoms with Gasteiger partial charge in [-0.25, -0.2) is 14.7 Å². The monoisotopic (exact) mass is 502 g/mol. The maximum Gasteiger partial charge on any atom is 0.224 e. The lowest BCUT2D eigenvalue weighted by Gasteiger charge is -2.40. The number of fused-ring (bicyclic) bond motifs is 1. The highest BCUT2D eigenvalue weighted by Gasteiger charge is 2.28. The van der Waals surface area contributed by atoms with Gasteiger partial charge in [0.1, 0.15) is 5.75 Å². The number of nitrogens with one attached hydrogen (secondary N) is 1. The van der Waals surface area contributed by atoms with E-state index in [1.54, 1.807) is 42.2 Å². The number of rotatable bonds is 10. The highest BCUT2D eigenvalue weighted by Crippen LogP contribution is 2.28. The van der Waals surface area contributed by atoms with Gasteiger partial charge in [-0.3, -0.25) is 4.21 Å². The van der Waals surface area contributed by atoms with Gasteiger partial charge in [-0.05, 0) is 37.8 Å². The van der Waals surface area contributed by atoms with Crippen LogP contribution in [0.1, 0.15) is 32.6 Å². The van der Waals surface area contributed by atoms with Crippen molar-refractivity contribution in [3.05, 3.63) is 36.7 Å². The van der Waals surface area contributed by atoms with E-state index in [0.29, 0.717) is 24.1 Å². The Balaban J connectivity index is 1.45. The molecule has 2 aromatic heterocycles. The van der Waals surface area contributed by atoms with E-state index in [2.05, 4.69) is 20.4 Å². The van der Waals surface area contributed by atoms with Crippen LogP contribution in [0.3, 0.4) is 0 Å². The molecular weight excluding hydrogens is 470 g/mol. The molecule has 0 bridgehead atoms. The maximum absolute atomic E-state index is 11.6. The van der Waals surface area contributed by atoms with Gasteiger partial charge in [0, 0.05) is 62.2 Å². The molecule has 1 fully saturated rings. The van der Waals surface area contributed by atoms with E-state index in [-0.39, 0.29) is 24.6 Å². The third kappa shape index (κ3) is 5.96. The lowest BCUT2D eigenvalue weighted by Crippen LogP contribution is -2.48. The predicted octanol–water partition coefficient (Wildman–Crippen LogP) is 2.12. The SMILES string of the molecule is CC(CO)COc1cccc2c1cnn2-c1ccnc(NC2CCC(N(N(C)C)S(=O)[O-])CC2)n1. The number of aromatic nitrogens is 4. The van der Waals surface area contributed by atoms with Crippen molar-refractivity contribution >= 4 is 28.1 Å². The number of anilines is 1. The molecule has 4 rings (SSSR count). The maximum atomic E-state index is 11.6. The fraction of sp³-hybridized carbons (Fsp3) is 0.522. The third-order valence-electron chi connectivity index (χ3n) is 6.16. The van der Waals surface area contributed by atoms with E-state index < -0.39 is 11.3 Å². The molecule has 0 spiro atoms. The Kier molecular flexibility index (Phi) is 8.29. The third-order valence-corrected chi connectivity index (χ3v) is 7.09. The number of ether oxygens (including phenoxy) is 1. The second-order valence-corrected chi connectivity index (χ2v) is 9.91. The molecule has 0 saturated heterocycles. The molecule has 1 aliphatic rings. The second-order valence-electron chi connectivity index (χ2n) is 9.10. The Morgan fingerprint density at radius 1 is 1.29 bits per heavy atom. The van der Waals surface area contributed by atoms with E-state index >= 15 is 0 Å². The normalized spacial score (nSPS) is 20.3. The van der Waals surface area contributed by atoms with Crippen LogP contribution < -0.4 is 10.1 Å². The van der Waals surface area contributed by atoms with Crippen molar-refractivity contribution in [1.29, 1.82) is 0 Å². The summed E-state index contributed by atoms with van der Waals surface area (Å²) in [7, 11) is 3.48. The van der Waals surface area contributed by atoms with Crippen LogP contribution >= 0.6 is 0 Å². The first-order valence-corrected chi connectivity index (χ1v) is 12.8. The molecule has 0 amide bonds. The minimum absolute atomic E-state index is 0.0409. The number of hydrazine groups is 1. The quantitative estimate of drug-likeness (QED) is 0.316. The van der Waals surface area contributed by atoms with Crippen LogP contribution in [-0.4, -0.2) is 82.4 Å². The second kappa shape index (κ2) is 11.4. The Labute approximate surface area is 207 Å². The van der Waals surface area contributed by atoms with Crippen molar-refractivity contribution in [2.75, 3.05) is 32.6 Å². The van der Waals surface area contributed by atoms with Crippen LogP contribution in [0, 0.1) is 5.92 Å². The minimum Gasteiger partial charge on any atom is -0.759 e. The summed E-state index contributed by atoms with van der Waals surface area (Å²) in [4.78, 5) is 9.06. The minimum atomic E-state index is -2.28. The van der Waals surface area contributed by atoms with E-state index in [9.17, 15) is 13.9 Å². The molecule has 3 aromatic rings. The van der Waals surface area contributed by atoms with Crippen molar-refractivity contribution in [3.8, 4) is 11.6 Å². The lowest BCUT2D eigenvalue weighted by molar-refractivity contribution is 0.0558. The summed E-state index contributed by atoms with van der Waals surface area (Å²) in [6, 6.07) is 7.67. The van der Waals surface area contributed by atoms with Crippen LogP contribution in [0.25, 0.3) is 16.7 Å². The lowest BCUT2D eigenvalue weighted by atomic mass is 9.91. The summed E-state index contributed by atoms with van der Waals surface area (Å²) < 4.78 is 32.2. The van der Waals surface area contributed by atoms with Gasteiger partial charge in [0.05, 0.1) is 23.7 Å². The summed E-state index contributed by atoms with van der Waals surface area (Å²) in [6.45, 7) is 2.41. The van der Waals surface area contributed by atoms with E-state index in [1.165, 1.54) is 4.41 Å². The standard InChI is InChI=1S/C23H33N7O4S/c1-16(14-31)15-34-21-6-4-5-20-19(21)13-25-29(20)22-11-12-24-23(27-22)26-17-7-9-18(10-8-17)30(28(2)3)35(32)33/h4-6,11-13,16-18,31H,7-10,14-15H2,1-3H3,(H,32,33)(H,24,26,27)/p-1. The smallest absolute Gasteiger partial charge is 0.224 e. The van der Waals surface area contributed by atoms with Gasteiger partial charge in [0.2, 0.25) is 5.95 Å². The fourth-order valence-corrected chi connectivity index (χ4v) is 5.08. The molecule has 2 unspecified atom stereocenters. The van der Waals surface area contributed by atoms with Crippen LogP contribution in [0.4, 0.5) is 5.95 Å². The number of hydrogen-bond donors (Lipinski definition) is 2. The van der Waals surface area contributed by atoms with Crippen LogP contribution in [0.5, 0.6) is 5.75 Å². The highest BCUT2D eigenvalue weighted by atomic mass is 32.2. The zero-order valence-corrected chi connectivity index (χ0v) is 21.0. The topological polar surface area (TPSA) is 132 Å². The van der Waals surface area contributed by atoms with Gasteiger partial charge in [-0.1, -0.05) is 13.0 Å². The summed E-state index contributed by atoms with van der Waals surface area (Å²) in [6.07, 6.45) is 6.59. The van der Waals surface area contributed by atoms with Crippen molar-refractivity contribution in [1.82, 2.24) is 29.2 Å². The molecule has 1 aromatic carbocycles. The van der Waals surface area contributed by atoms with E-state index in [0.717, 1.165) is 36.6 Å². The number of nitrogens with zero attached hydrogens (tertiary/aromatic N) is 6. The Morgan fingerprint density at radius 2 is 2.06 bits per heavy atom. The van der Waals surface area contributed by atoms with Crippen molar-refractivity contribution in [2.24, 2.45) is 5.92 Å². The number of aliphatic hydroxyl groups excluding tert-OH is 1. The number of hydrogen-bond acceptors (Lipinski definition) is 9. The van der Waals surface area contributed by atoms with E-state index in [4.69, 9.17) is 4.74 Å². The van der Waals surface area contributed by atoms with Crippen LogP contribution in [0.2, 0.25) is 0 Å². The molecule has 2 N–H and O–H groups in total. The molecule has 1 saturated carbocycles. The van der Waals surface area contributed by atoms with Crippen molar-refractivity contribution in [3.63, 3.8) is 0 Å². The molecular formula is C23H32N7O4S-. The summed E-state index contributed by atoms with van der Waals surface area (Å²) in [5.41, 5.74) is 0.860. The summed E-state index contributed by atoms with van der Waals surface area (Å²) in [5.74, 6) is 1.89. The average Bonchev–Trinajstić information content (AvgIpc) is 3.28. The van der Waals surface area contributed by atoms with Crippen LogP contribution in [-0.2, 0) is 11.3 Å². The first-order chi connectivity index (χ1) is 16.9. The largest absolute Gasteiger partial charge is 0.759 e. The molecule has 11 nitrogen and oxygen atoms in total. The zero-order valence-electron chi connectivity index (χ0n) is 20.2. The van der Waals surface area contributed by atoms with Gasteiger partial charge in [0.15, 0.2) is 5.82 Å². The zero-order chi connectivity index (χ0) is 24.9. The Bertz CT molecular complexity index is 1150. The van der Waals surface area contributed by atoms with Gasteiger partial charge < -0.3 is 19.7 Å². The number of aliphatic hydroxyl groups is 1. The van der Waals surface area contributed by atoms with Gasteiger partial charge in [-0.15, -0.1) is 0 Å². The fourth-order valence-electron chi connectivity index (χ4n) is 4.36. The molecule has 2 atom stereocenters. The molecule has 2 heterocycles. The molecule has 0 aliphatic heterocycles. The first-order valence-electron chi connectivity index (χ1n) is 11.7. The van der Waals surface area contributed by atoms with Gasteiger partial charge in [0.25, 0.3) is 0 Å². The highest BCUT2D eigenvalue weighted by molar-refractivity contribution is 7.76. The molecule has 35 heavy (non-hydrogen) atoms. The Morgan fingerprint density at radius 3 is 2.74 bits per heavy atom. The van der Waals surface area contributed by atoms with Gasteiger partial charge >= 0.3 is 0 Å². The predicted molar refractivity (Wildman–Crippen MR) is 133 cm³/mol. The van der Waals surface area contributed by atoms with Gasteiger partial charge in [-0.2, -0.15) is 14.5 Å². The molecule has 1 aliphatic carbocycles.